The van der Waals surface area contributed by atoms with Crippen LogP contribution in [-0.2, 0) is 6.54 Å². The summed E-state index contributed by atoms with van der Waals surface area (Å²) in [5, 5.41) is 12.4. The number of methoxy groups -OCH3 is 2. The maximum Gasteiger partial charge on any atom is 0.259 e. The number of nitrogens with zero attached hydrogens (tertiary/aromatic N) is 1. The SMILES string of the molecule is COc1cc2c3c(n(Cc4ccccc4)c(=O)c2cc1OC)-c1ccccc1C3O. The molecule has 0 radical (unpaired) electrons. The van der Waals surface area contributed by atoms with Gasteiger partial charge in [0.2, 0.25) is 0 Å². The van der Waals surface area contributed by atoms with Crippen LogP contribution in [0.2, 0.25) is 0 Å². The summed E-state index contributed by atoms with van der Waals surface area (Å²) in [5.74, 6) is 1.01. The molecule has 5 nitrogen and oxygen atoms in total. The van der Waals surface area contributed by atoms with Gasteiger partial charge in [0.25, 0.3) is 5.56 Å². The summed E-state index contributed by atoms with van der Waals surface area (Å²) in [6.45, 7) is 0.410. The quantitative estimate of drug-likeness (QED) is 0.561. The number of aromatic nitrogens is 1. The van der Waals surface area contributed by atoms with Crippen molar-refractivity contribution in [3.8, 4) is 22.8 Å². The van der Waals surface area contributed by atoms with Crippen molar-refractivity contribution >= 4 is 10.8 Å². The fourth-order valence-corrected chi connectivity index (χ4v) is 4.39. The first-order chi connectivity index (χ1) is 14.6. The second-order valence-electron chi connectivity index (χ2n) is 7.38. The molecule has 1 N–H and O–H groups in total. The molecule has 0 fully saturated rings. The van der Waals surface area contributed by atoms with E-state index in [0.29, 0.717) is 28.8 Å². The lowest BCUT2D eigenvalue weighted by molar-refractivity contribution is 0.226. The molecule has 0 amide bonds. The van der Waals surface area contributed by atoms with Crippen LogP contribution < -0.4 is 15.0 Å². The first kappa shape index (κ1) is 18.5. The molecule has 0 spiro atoms. The van der Waals surface area contributed by atoms with Crippen molar-refractivity contribution in [1.29, 1.82) is 0 Å². The molecule has 0 saturated heterocycles. The Morgan fingerprint density at radius 1 is 0.900 bits per heavy atom. The van der Waals surface area contributed by atoms with E-state index in [1.807, 2.05) is 54.6 Å². The Labute approximate surface area is 173 Å². The molecule has 1 atom stereocenters. The molecule has 1 aromatic heterocycles. The Morgan fingerprint density at radius 3 is 2.23 bits per heavy atom. The van der Waals surface area contributed by atoms with Gasteiger partial charge in [0.15, 0.2) is 11.5 Å². The molecular weight excluding hydrogens is 378 g/mol. The van der Waals surface area contributed by atoms with Crippen LogP contribution in [-0.4, -0.2) is 23.9 Å². The highest BCUT2D eigenvalue weighted by Gasteiger charge is 2.33. The summed E-state index contributed by atoms with van der Waals surface area (Å²) in [4.78, 5) is 13.7. The first-order valence-corrected chi connectivity index (χ1v) is 9.77. The van der Waals surface area contributed by atoms with Gasteiger partial charge < -0.3 is 19.1 Å². The van der Waals surface area contributed by atoms with Crippen molar-refractivity contribution in [3.63, 3.8) is 0 Å². The fraction of sp³-hybridized carbons (Fsp3) is 0.160. The number of rotatable bonds is 4. The average molecular weight is 399 g/mol. The topological polar surface area (TPSA) is 60.7 Å². The summed E-state index contributed by atoms with van der Waals surface area (Å²) in [5.41, 5.74) is 4.05. The van der Waals surface area contributed by atoms with Crippen molar-refractivity contribution in [2.45, 2.75) is 12.6 Å². The Hall–Kier alpha value is -3.57. The number of aliphatic hydroxyl groups excluding tert-OH is 1. The van der Waals surface area contributed by atoms with Gasteiger partial charge in [0.1, 0.15) is 6.10 Å². The van der Waals surface area contributed by atoms with Gasteiger partial charge in [0, 0.05) is 11.1 Å². The molecule has 1 aliphatic rings. The van der Waals surface area contributed by atoms with E-state index in [4.69, 9.17) is 9.47 Å². The molecule has 0 bridgehead atoms. The van der Waals surface area contributed by atoms with E-state index in [9.17, 15) is 9.90 Å². The zero-order valence-corrected chi connectivity index (χ0v) is 16.8. The monoisotopic (exact) mass is 399 g/mol. The lowest BCUT2D eigenvalue weighted by Gasteiger charge is -2.18. The van der Waals surface area contributed by atoms with Gasteiger partial charge in [-0.05, 0) is 28.6 Å². The molecule has 5 heteroatoms. The van der Waals surface area contributed by atoms with Crippen molar-refractivity contribution in [2.24, 2.45) is 0 Å². The van der Waals surface area contributed by atoms with E-state index in [1.54, 1.807) is 30.9 Å². The third kappa shape index (κ3) is 2.63. The Bertz CT molecular complexity index is 1320. The zero-order chi connectivity index (χ0) is 20.8. The largest absolute Gasteiger partial charge is 0.493 e. The second-order valence-corrected chi connectivity index (χ2v) is 7.38. The van der Waals surface area contributed by atoms with Crippen LogP contribution in [0.1, 0.15) is 22.8 Å². The van der Waals surface area contributed by atoms with Gasteiger partial charge in [0.05, 0.1) is 31.8 Å². The van der Waals surface area contributed by atoms with Crippen LogP contribution in [0.15, 0.2) is 71.5 Å². The van der Waals surface area contributed by atoms with Crippen LogP contribution in [0.25, 0.3) is 22.0 Å². The molecule has 5 rings (SSSR count). The molecule has 3 aromatic carbocycles. The summed E-state index contributed by atoms with van der Waals surface area (Å²) < 4.78 is 12.7. The maximum atomic E-state index is 13.7. The van der Waals surface area contributed by atoms with Gasteiger partial charge in [-0.15, -0.1) is 0 Å². The Kier molecular flexibility index (Phi) is 4.33. The van der Waals surface area contributed by atoms with Gasteiger partial charge in [-0.25, -0.2) is 0 Å². The number of ether oxygens (including phenoxy) is 2. The minimum Gasteiger partial charge on any atom is -0.493 e. The van der Waals surface area contributed by atoms with Crippen molar-refractivity contribution in [2.75, 3.05) is 14.2 Å². The third-order valence-corrected chi connectivity index (χ3v) is 5.78. The maximum absolute atomic E-state index is 13.7. The van der Waals surface area contributed by atoms with Crippen molar-refractivity contribution in [3.05, 3.63) is 93.8 Å². The summed E-state index contributed by atoms with van der Waals surface area (Å²) in [7, 11) is 3.11. The zero-order valence-electron chi connectivity index (χ0n) is 16.8. The number of aliphatic hydroxyl groups is 1. The molecule has 150 valence electrons. The van der Waals surface area contributed by atoms with Crippen LogP contribution in [0, 0.1) is 0 Å². The molecular formula is C25H21NO4. The first-order valence-electron chi connectivity index (χ1n) is 9.77. The van der Waals surface area contributed by atoms with Crippen LogP contribution >= 0.6 is 0 Å². The van der Waals surface area contributed by atoms with E-state index in [0.717, 1.165) is 27.9 Å². The normalized spacial score (nSPS) is 14.4. The Balaban J connectivity index is 1.90. The van der Waals surface area contributed by atoms with Crippen molar-refractivity contribution in [1.82, 2.24) is 4.57 Å². The van der Waals surface area contributed by atoms with E-state index >= 15 is 0 Å². The summed E-state index contributed by atoms with van der Waals surface area (Å²) in [6.07, 6.45) is -0.820. The minimum atomic E-state index is -0.820. The highest BCUT2D eigenvalue weighted by molar-refractivity contribution is 5.96. The van der Waals surface area contributed by atoms with Crippen LogP contribution in [0.3, 0.4) is 0 Å². The van der Waals surface area contributed by atoms with Gasteiger partial charge in [-0.2, -0.15) is 0 Å². The van der Waals surface area contributed by atoms with Gasteiger partial charge >= 0.3 is 0 Å². The smallest absolute Gasteiger partial charge is 0.259 e. The molecule has 0 saturated carbocycles. The second kappa shape index (κ2) is 7.04. The number of pyridine rings is 1. The predicted octanol–water partition coefficient (Wildman–Crippen LogP) is 4.13. The van der Waals surface area contributed by atoms with E-state index in [-0.39, 0.29) is 5.56 Å². The third-order valence-electron chi connectivity index (χ3n) is 5.78. The highest BCUT2D eigenvalue weighted by atomic mass is 16.5. The van der Waals surface area contributed by atoms with Crippen molar-refractivity contribution < 1.29 is 14.6 Å². The Morgan fingerprint density at radius 2 is 1.53 bits per heavy atom. The number of benzene rings is 3. The molecule has 1 aliphatic carbocycles. The van der Waals surface area contributed by atoms with Gasteiger partial charge in [-0.3, -0.25) is 4.79 Å². The average Bonchev–Trinajstić information content (AvgIpc) is 3.09. The number of hydrogen-bond donors (Lipinski definition) is 1. The van der Waals surface area contributed by atoms with Crippen LogP contribution in [0.5, 0.6) is 11.5 Å². The predicted molar refractivity (Wildman–Crippen MR) is 116 cm³/mol. The highest BCUT2D eigenvalue weighted by Crippen LogP contribution is 2.47. The molecule has 4 aromatic rings. The lowest BCUT2D eigenvalue weighted by Crippen LogP contribution is -2.24. The number of fused-ring (bicyclic) bond motifs is 5. The molecule has 1 heterocycles. The molecule has 30 heavy (non-hydrogen) atoms. The standard InChI is InChI=1S/C25H21NO4/c1-29-20-12-18-19(13-21(20)30-2)25(28)26(14-15-8-4-3-5-9-15)23-16-10-6-7-11-17(16)24(27)22(18)23/h3-13,24,27H,14H2,1-2H3. The fourth-order valence-electron chi connectivity index (χ4n) is 4.39. The van der Waals surface area contributed by atoms with Gasteiger partial charge in [-0.1, -0.05) is 54.6 Å². The van der Waals surface area contributed by atoms with E-state index in [2.05, 4.69) is 0 Å². The number of hydrogen-bond acceptors (Lipinski definition) is 4. The summed E-state index contributed by atoms with van der Waals surface area (Å²) in [6, 6.07) is 21.0. The lowest BCUT2D eigenvalue weighted by atomic mass is 10.0. The van der Waals surface area contributed by atoms with Crippen LogP contribution in [0.4, 0.5) is 0 Å². The summed E-state index contributed by atoms with van der Waals surface area (Å²) >= 11 is 0. The van der Waals surface area contributed by atoms with E-state index < -0.39 is 6.10 Å². The van der Waals surface area contributed by atoms with E-state index in [1.165, 1.54) is 0 Å². The minimum absolute atomic E-state index is 0.127. The molecule has 1 unspecified atom stereocenters. The molecule has 0 aliphatic heterocycles.